The zero-order valence-electron chi connectivity index (χ0n) is 12.5. The van der Waals surface area contributed by atoms with Crippen LogP contribution < -0.4 is 5.32 Å². The molecular weight excluding hydrogens is 392 g/mol. The quantitative estimate of drug-likeness (QED) is 0.837. The molecular formula is C17H11BrN2O3S. The number of Topliss-reactive ketones (excluding diaryl/α,β-unsaturated/α-hetero) is 1. The summed E-state index contributed by atoms with van der Waals surface area (Å²) in [5, 5.41) is 2.92. The van der Waals surface area contributed by atoms with E-state index < -0.39 is 10.0 Å². The maximum absolute atomic E-state index is 12.9. The van der Waals surface area contributed by atoms with Crippen molar-refractivity contribution in [2.24, 2.45) is 4.40 Å². The van der Waals surface area contributed by atoms with Crippen LogP contribution in [0.1, 0.15) is 21.5 Å². The summed E-state index contributed by atoms with van der Waals surface area (Å²) in [6.45, 7) is 0. The maximum Gasteiger partial charge on any atom is 0.283 e. The zero-order valence-corrected chi connectivity index (χ0v) is 14.9. The Hall–Kier alpha value is -2.25. The number of sulfonamides is 1. The molecule has 1 aliphatic carbocycles. The average molecular weight is 403 g/mol. The molecule has 0 aromatic heterocycles. The number of likely N-dealkylation sites (N-methyl/N-ethyl adjacent to an activating group) is 1. The second-order valence-electron chi connectivity index (χ2n) is 5.43. The molecule has 0 saturated carbocycles. The molecule has 7 heteroatoms. The van der Waals surface area contributed by atoms with Gasteiger partial charge in [-0.25, -0.2) is 0 Å². The van der Waals surface area contributed by atoms with Crippen LogP contribution in [0.5, 0.6) is 0 Å². The van der Waals surface area contributed by atoms with Crippen LogP contribution >= 0.6 is 15.9 Å². The van der Waals surface area contributed by atoms with Gasteiger partial charge in [-0.3, -0.25) is 4.79 Å². The topological polar surface area (TPSA) is 75.6 Å². The van der Waals surface area contributed by atoms with Gasteiger partial charge in [-0.1, -0.05) is 40.2 Å². The molecule has 2 aromatic rings. The minimum atomic E-state index is -3.79. The van der Waals surface area contributed by atoms with E-state index in [1.165, 1.54) is 6.07 Å². The predicted molar refractivity (Wildman–Crippen MR) is 94.6 cm³/mol. The summed E-state index contributed by atoms with van der Waals surface area (Å²) in [4.78, 5) is 13.0. The van der Waals surface area contributed by atoms with Crippen LogP contribution in [0.2, 0.25) is 0 Å². The van der Waals surface area contributed by atoms with Gasteiger partial charge in [-0.2, -0.15) is 12.8 Å². The lowest BCUT2D eigenvalue weighted by atomic mass is 9.83. The summed E-state index contributed by atoms with van der Waals surface area (Å²) in [5.41, 5.74) is 2.64. The van der Waals surface area contributed by atoms with Gasteiger partial charge in [0.25, 0.3) is 10.0 Å². The van der Waals surface area contributed by atoms with Crippen molar-refractivity contribution in [1.29, 1.82) is 0 Å². The molecule has 2 aliphatic rings. The number of benzene rings is 2. The maximum atomic E-state index is 12.9. The molecule has 24 heavy (non-hydrogen) atoms. The molecule has 5 nitrogen and oxygen atoms in total. The van der Waals surface area contributed by atoms with Crippen LogP contribution in [0, 0.1) is 0 Å². The second kappa shape index (κ2) is 5.12. The van der Waals surface area contributed by atoms with Crippen molar-refractivity contribution in [2.45, 2.75) is 4.90 Å². The zero-order chi connectivity index (χ0) is 17.1. The van der Waals surface area contributed by atoms with Gasteiger partial charge in [-0.15, -0.1) is 0 Å². The van der Waals surface area contributed by atoms with Crippen molar-refractivity contribution in [3.63, 3.8) is 0 Å². The number of nitrogens with one attached hydrogen (secondary N) is 1. The molecule has 1 heterocycles. The lowest BCUT2D eigenvalue weighted by molar-refractivity contribution is 0.102. The molecule has 4 rings (SSSR count). The van der Waals surface area contributed by atoms with E-state index in [4.69, 9.17) is 0 Å². The molecule has 1 aliphatic heterocycles. The molecule has 0 radical (unpaired) electrons. The SMILES string of the molecule is CNC1=C(c2cccc(Br)c2)C2=NS(=O)(=O)c3cccc(c32)C1=O. The van der Waals surface area contributed by atoms with Crippen LogP contribution in [-0.2, 0) is 10.0 Å². The third kappa shape index (κ3) is 2.01. The van der Waals surface area contributed by atoms with Gasteiger partial charge in [0, 0.05) is 28.2 Å². The summed E-state index contributed by atoms with van der Waals surface area (Å²) < 4.78 is 29.6. The van der Waals surface area contributed by atoms with Crippen LogP contribution in [0.3, 0.4) is 0 Å². The van der Waals surface area contributed by atoms with Crippen molar-refractivity contribution in [1.82, 2.24) is 5.32 Å². The van der Waals surface area contributed by atoms with Gasteiger partial charge in [0.2, 0.25) is 5.78 Å². The van der Waals surface area contributed by atoms with E-state index in [1.54, 1.807) is 19.2 Å². The second-order valence-corrected chi connectivity index (χ2v) is 7.92. The molecule has 0 amide bonds. The van der Waals surface area contributed by atoms with Crippen molar-refractivity contribution < 1.29 is 13.2 Å². The Balaban J connectivity index is 2.12. The van der Waals surface area contributed by atoms with Crippen molar-refractivity contribution >= 4 is 43.0 Å². The summed E-state index contributed by atoms with van der Waals surface area (Å²) >= 11 is 3.41. The highest BCUT2D eigenvalue weighted by atomic mass is 79.9. The first-order valence-corrected chi connectivity index (χ1v) is 9.39. The number of nitrogens with zero attached hydrogens (tertiary/aromatic N) is 1. The third-order valence-corrected chi connectivity index (χ3v) is 5.89. The minimum Gasteiger partial charge on any atom is -0.384 e. The number of carbonyl (C=O) groups excluding carboxylic acids is 1. The molecule has 120 valence electrons. The molecule has 0 atom stereocenters. The number of ketones is 1. The van der Waals surface area contributed by atoms with Gasteiger partial charge in [0.15, 0.2) is 0 Å². The van der Waals surface area contributed by atoms with Crippen LogP contribution in [0.4, 0.5) is 0 Å². The highest BCUT2D eigenvalue weighted by Crippen LogP contribution is 2.40. The smallest absolute Gasteiger partial charge is 0.283 e. The molecule has 0 bridgehead atoms. The first-order valence-electron chi connectivity index (χ1n) is 7.15. The average Bonchev–Trinajstić information content (AvgIpc) is 2.83. The van der Waals surface area contributed by atoms with Crippen molar-refractivity contribution in [2.75, 3.05) is 7.05 Å². The Morgan fingerprint density at radius 1 is 1.12 bits per heavy atom. The monoisotopic (exact) mass is 402 g/mol. The lowest BCUT2D eigenvalue weighted by Crippen LogP contribution is -2.27. The van der Waals surface area contributed by atoms with E-state index in [2.05, 4.69) is 25.6 Å². The first-order chi connectivity index (χ1) is 11.4. The first kappa shape index (κ1) is 15.3. The van der Waals surface area contributed by atoms with Crippen molar-refractivity contribution in [3.05, 3.63) is 69.3 Å². The van der Waals surface area contributed by atoms with Crippen LogP contribution in [0.15, 0.2) is 61.9 Å². The van der Waals surface area contributed by atoms with Gasteiger partial charge >= 0.3 is 0 Å². The Kier molecular flexibility index (Phi) is 3.26. The molecule has 0 unspecified atom stereocenters. The Morgan fingerprint density at radius 3 is 2.58 bits per heavy atom. The number of carbonyl (C=O) groups is 1. The molecule has 0 saturated heterocycles. The lowest BCUT2D eigenvalue weighted by Gasteiger charge is -2.22. The number of allylic oxidation sites excluding steroid dienone is 2. The summed E-state index contributed by atoms with van der Waals surface area (Å²) in [7, 11) is -2.15. The molecule has 1 N–H and O–H groups in total. The molecule has 0 spiro atoms. The van der Waals surface area contributed by atoms with Gasteiger partial charge in [0.1, 0.15) is 0 Å². The summed E-state index contributed by atoms with van der Waals surface area (Å²) in [6.07, 6.45) is 0. The van der Waals surface area contributed by atoms with Gasteiger partial charge < -0.3 is 5.32 Å². The highest BCUT2D eigenvalue weighted by molar-refractivity contribution is 9.10. The van der Waals surface area contributed by atoms with E-state index in [9.17, 15) is 13.2 Å². The number of rotatable bonds is 2. The highest BCUT2D eigenvalue weighted by Gasteiger charge is 2.40. The summed E-state index contributed by atoms with van der Waals surface area (Å²) in [5.74, 6) is -0.236. The van der Waals surface area contributed by atoms with Crippen LogP contribution in [-0.4, -0.2) is 27.0 Å². The van der Waals surface area contributed by atoms with E-state index >= 15 is 0 Å². The predicted octanol–water partition coefficient (Wildman–Crippen LogP) is 2.77. The van der Waals surface area contributed by atoms with E-state index in [1.807, 2.05) is 24.3 Å². The van der Waals surface area contributed by atoms with Crippen molar-refractivity contribution in [3.8, 4) is 0 Å². The Morgan fingerprint density at radius 2 is 1.88 bits per heavy atom. The molecule has 0 fully saturated rings. The van der Waals surface area contributed by atoms with E-state index in [0.717, 1.165) is 10.0 Å². The Bertz CT molecular complexity index is 1080. The van der Waals surface area contributed by atoms with Gasteiger partial charge in [-0.05, 0) is 23.8 Å². The Labute approximate surface area is 147 Å². The van der Waals surface area contributed by atoms with E-state index in [0.29, 0.717) is 28.1 Å². The van der Waals surface area contributed by atoms with Crippen LogP contribution in [0.25, 0.3) is 5.57 Å². The minimum absolute atomic E-state index is 0.0889. The summed E-state index contributed by atoms with van der Waals surface area (Å²) in [6, 6.07) is 12.0. The standard InChI is InChI=1S/C17H11BrN2O3S/c1-19-16-13(9-4-2-5-10(18)8-9)15-14-11(17(16)21)6-3-7-12(14)24(22,23)20-15/h2-8,19H,1H3. The van der Waals surface area contributed by atoms with Gasteiger partial charge in [0.05, 0.1) is 16.3 Å². The normalized spacial score (nSPS) is 17.6. The number of hydrogen-bond acceptors (Lipinski definition) is 4. The largest absolute Gasteiger partial charge is 0.384 e. The fraction of sp³-hybridized carbons (Fsp3) is 0.0588. The number of halogens is 1. The fourth-order valence-electron chi connectivity index (χ4n) is 3.10. The number of hydrogen-bond donors (Lipinski definition) is 1. The van der Waals surface area contributed by atoms with E-state index in [-0.39, 0.29) is 10.7 Å². The third-order valence-electron chi connectivity index (χ3n) is 4.07. The molecule has 2 aromatic carbocycles. The fourth-order valence-corrected chi connectivity index (χ4v) is 4.73.